The lowest BCUT2D eigenvalue weighted by molar-refractivity contribution is -0.132. The van der Waals surface area contributed by atoms with E-state index in [1.165, 1.54) is 0 Å². The molecule has 18 heavy (non-hydrogen) atoms. The molecule has 0 aliphatic heterocycles. The molecule has 0 aromatic rings. The average Bonchev–Trinajstić information content (AvgIpc) is 2.31. The lowest BCUT2D eigenvalue weighted by Crippen LogP contribution is -2.38. The summed E-state index contributed by atoms with van der Waals surface area (Å²) in [4.78, 5) is 14.0. The van der Waals surface area contributed by atoms with Crippen LogP contribution in [-0.4, -0.2) is 30.4 Å². The fraction of sp³-hybridized carbons (Fsp3) is 0.933. The molecular formula is C15H32N2O. The van der Waals surface area contributed by atoms with Crippen molar-refractivity contribution in [3.05, 3.63) is 0 Å². The SMILES string of the molecule is CC(C)C(CCN)CCC(=O)N(C)C(C)C(C)C. The molecule has 0 spiro atoms. The summed E-state index contributed by atoms with van der Waals surface area (Å²) in [5.74, 6) is 1.94. The van der Waals surface area contributed by atoms with Crippen molar-refractivity contribution in [1.82, 2.24) is 4.90 Å². The zero-order valence-corrected chi connectivity index (χ0v) is 13.1. The van der Waals surface area contributed by atoms with E-state index in [1.54, 1.807) is 0 Å². The molecule has 3 nitrogen and oxygen atoms in total. The Morgan fingerprint density at radius 2 is 1.61 bits per heavy atom. The number of nitrogens with zero attached hydrogens (tertiary/aromatic N) is 1. The van der Waals surface area contributed by atoms with Crippen molar-refractivity contribution < 1.29 is 4.79 Å². The lowest BCUT2D eigenvalue weighted by Gasteiger charge is -2.29. The summed E-state index contributed by atoms with van der Waals surface area (Å²) in [5.41, 5.74) is 5.63. The predicted octanol–water partition coefficient (Wildman–Crippen LogP) is 2.89. The van der Waals surface area contributed by atoms with Gasteiger partial charge in [0.15, 0.2) is 0 Å². The summed E-state index contributed by atoms with van der Waals surface area (Å²) in [6.07, 6.45) is 2.63. The van der Waals surface area contributed by atoms with Gasteiger partial charge in [-0.2, -0.15) is 0 Å². The van der Waals surface area contributed by atoms with Crippen molar-refractivity contribution in [2.45, 2.75) is 59.9 Å². The second kappa shape index (κ2) is 8.52. The number of nitrogens with two attached hydrogens (primary N) is 1. The van der Waals surface area contributed by atoms with Crippen LogP contribution in [0.25, 0.3) is 0 Å². The third kappa shape index (κ3) is 5.85. The van der Waals surface area contributed by atoms with Crippen LogP contribution < -0.4 is 5.73 Å². The maximum atomic E-state index is 12.1. The van der Waals surface area contributed by atoms with Crippen molar-refractivity contribution >= 4 is 5.91 Å². The molecule has 1 amide bonds. The smallest absolute Gasteiger partial charge is 0.222 e. The fourth-order valence-electron chi connectivity index (χ4n) is 2.18. The van der Waals surface area contributed by atoms with Crippen LogP contribution in [0.15, 0.2) is 0 Å². The molecule has 108 valence electrons. The Hall–Kier alpha value is -0.570. The van der Waals surface area contributed by atoms with Gasteiger partial charge in [-0.25, -0.2) is 0 Å². The summed E-state index contributed by atoms with van der Waals surface area (Å²) in [6, 6.07) is 0.310. The maximum Gasteiger partial charge on any atom is 0.222 e. The van der Waals surface area contributed by atoms with Crippen LogP contribution in [0.3, 0.4) is 0 Å². The first-order valence-corrected chi connectivity index (χ1v) is 7.26. The van der Waals surface area contributed by atoms with Gasteiger partial charge >= 0.3 is 0 Å². The standard InChI is InChI=1S/C15H32N2O/c1-11(2)13(5)17(6)15(18)8-7-14(9-10-16)12(3)4/h11-14H,7-10,16H2,1-6H3. The molecule has 2 unspecified atom stereocenters. The molecule has 0 aromatic carbocycles. The van der Waals surface area contributed by atoms with Gasteiger partial charge in [-0.05, 0) is 44.1 Å². The largest absolute Gasteiger partial charge is 0.343 e. The molecule has 2 N–H and O–H groups in total. The summed E-state index contributed by atoms with van der Waals surface area (Å²) < 4.78 is 0. The first-order chi connectivity index (χ1) is 8.31. The van der Waals surface area contributed by atoms with Gasteiger partial charge in [-0.1, -0.05) is 27.7 Å². The van der Waals surface area contributed by atoms with Crippen molar-refractivity contribution in [2.24, 2.45) is 23.5 Å². The van der Waals surface area contributed by atoms with Crippen molar-refractivity contribution in [3.8, 4) is 0 Å². The minimum atomic E-state index is 0.263. The van der Waals surface area contributed by atoms with Crippen LogP contribution in [0.2, 0.25) is 0 Å². The first kappa shape index (κ1) is 17.4. The highest BCUT2D eigenvalue weighted by Gasteiger charge is 2.20. The molecule has 2 atom stereocenters. The van der Waals surface area contributed by atoms with E-state index < -0.39 is 0 Å². The molecule has 0 radical (unpaired) electrons. The van der Waals surface area contributed by atoms with E-state index in [-0.39, 0.29) is 5.91 Å². The van der Waals surface area contributed by atoms with E-state index in [0.29, 0.717) is 30.2 Å². The number of amides is 1. The first-order valence-electron chi connectivity index (χ1n) is 7.26. The van der Waals surface area contributed by atoms with Crippen LogP contribution >= 0.6 is 0 Å². The Kier molecular flexibility index (Phi) is 8.25. The molecule has 0 heterocycles. The molecule has 0 saturated heterocycles. The van der Waals surface area contributed by atoms with Gasteiger partial charge in [0.05, 0.1) is 0 Å². The summed E-state index contributed by atoms with van der Waals surface area (Å²) >= 11 is 0. The molecule has 0 fully saturated rings. The normalized spacial score (nSPS) is 14.9. The third-order valence-corrected chi connectivity index (χ3v) is 4.18. The van der Waals surface area contributed by atoms with Crippen LogP contribution in [0.4, 0.5) is 0 Å². The zero-order valence-electron chi connectivity index (χ0n) is 13.1. The van der Waals surface area contributed by atoms with Crippen molar-refractivity contribution in [3.63, 3.8) is 0 Å². The highest BCUT2D eigenvalue weighted by molar-refractivity contribution is 5.76. The second-order valence-corrected chi connectivity index (χ2v) is 6.11. The van der Waals surface area contributed by atoms with Gasteiger partial charge in [0.1, 0.15) is 0 Å². The van der Waals surface area contributed by atoms with Crippen molar-refractivity contribution in [1.29, 1.82) is 0 Å². The Labute approximate surface area is 113 Å². The number of carbonyl (C=O) groups is 1. The van der Waals surface area contributed by atoms with Gasteiger partial charge in [0, 0.05) is 19.5 Å². The minimum absolute atomic E-state index is 0.263. The van der Waals surface area contributed by atoms with Gasteiger partial charge in [0.25, 0.3) is 0 Å². The lowest BCUT2D eigenvalue weighted by atomic mass is 9.88. The van der Waals surface area contributed by atoms with Crippen molar-refractivity contribution in [2.75, 3.05) is 13.6 Å². The summed E-state index contributed by atoms with van der Waals surface area (Å²) in [6.45, 7) is 11.6. The monoisotopic (exact) mass is 256 g/mol. The van der Waals surface area contributed by atoms with Crippen LogP contribution in [0.1, 0.15) is 53.9 Å². The average molecular weight is 256 g/mol. The number of hydrogen-bond donors (Lipinski definition) is 1. The Bertz CT molecular complexity index is 239. The molecule has 0 aliphatic carbocycles. The maximum absolute atomic E-state index is 12.1. The van der Waals surface area contributed by atoms with E-state index in [2.05, 4.69) is 34.6 Å². The molecule has 0 aliphatic rings. The highest BCUT2D eigenvalue weighted by atomic mass is 16.2. The van der Waals surface area contributed by atoms with E-state index >= 15 is 0 Å². The van der Waals surface area contributed by atoms with Crippen LogP contribution in [0.5, 0.6) is 0 Å². The topological polar surface area (TPSA) is 46.3 Å². The van der Waals surface area contributed by atoms with Crippen LogP contribution in [-0.2, 0) is 4.79 Å². The van der Waals surface area contributed by atoms with Gasteiger partial charge in [0.2, 0.25) is 5.91 Å². The molecule has 0 rings (SSSR count). The number of rotatable bonds is 8. The third-order valence-electron chi connectivity index (χ3n) is 4.18. The van der Waals surface area contributed by atoms with Gasteiger partial charge in [-0.3, -0.25) is 4.79 Å². The van der Waals surface area contributed by atoms with Crippen LogP contribution in [0, 0.1) is 17.8 Å². The molecule has 0 bridgehead atoms. The second-order valence-electron chi connectivity index (χ2n) is 6.11. The Morgan fingerprint density at radius 3 is 2.00 bits per heavy atom. The zero-order chi connectivity index (χ0) is 14.3. The summed E-state index contributed by atoms with van der Waals surface area (Å²) in [7, 11) is 1.92. The van der Waals surface area contributed by atoms with Gasteiger partial charge < -0.3 is 10.6 Å². The van der Waals surface area contributed by atoms with E-state index in [1.807, 2.05) is 11.9 Å². The van der Waals surface area contributed by atoms with E-state index in [9.17, 15) is 4.79 Å². The number of carbonyl (C=O) groups excluding carboxylic acids is 1. The Morgan fingerprint density at radius 1 is 1.06 bits per heavy atom. The molecule has 0 aromatic heterocycles. The Balaban J connectivity index is 4.22. The molecule has 3 heteroatoms. The predicted molar refractivity (Wildman–Crippen MR) is 78.3 cm³/mol. The van der Waals surface area contributed by atoms with Gasteiger partial charge in [-0.15, -0.1) is 0 Å². The highest BCUT2D eigenvalue weighted by Crippen LogP contribution is 2.21. The molecule has 0 saturated carbocycles. The summed E-state index contributed by atoms with van der Waals surface area (Å²) in [5, 5.41) is 0. The van der Waals surface area contributed by atoms with E-state index in [4.69, 9.17) is 5.73 Å². The minimum Gasteiger partial charge on any atom is -0.343 e. The fourth-order valence-corrected chi connectivity index (χ4v) is 2.18. The molecular weight excluding hydrogens is 224 g/mol. The number of hydrogen-bond acceptors (Lipinski definition) is 2. The van der Waals surface area contributed by atoms with E-state index in [0.717, 1.165) is 19.4 Å². The quantitative estimate of drug-likeness (QED) is 0.726.